The average molecular weight is 467 g/mol. The number of likely N-dealkylation sites (tertiary alicyclic amines) is 1. The van der Waals surface area contributed by atoms with E-state index in [-0.39, 0.29) is 22.8 Å². The van der Waals surface area contributed by atoms with Gasteiger partial charge in [-0.05, 0) is 69.2 Å². The number of sulfonamides is 1. The molecule has 32 heavy (non-hydrogen) atoms. The summed E-state index contributed by atoms with van der Waals surface area (Å²) >= 11 is 0. The van der Waals surface area contributed by atoms with E-state index in [1.165, 1.54) is 38.5 Å². The van der Waals surface area contributed by atoms with Gasteiger partial charge < -0.3 is 15.3 Å². The van der Waals surface area contributed by atoms with Gasteiger partial charge in [-0.2, -0.15) is 4.31 Å². The Morgan fingerprint density at radius 2 is 1.88 bits per heavy atom. The molecule has 2 N–H and O–H groups in total. The zero-order chi connectivity index (χ0) is 23.4. The van der Waals surface area contributed by atoms with Gasteiger partial charge >= 0.3 is 0 Å². The zero-order valence-corrected chi connectivity index (χ0v) is 21.1. The van der Waals surface area contributed by atoms with Crippen LogP contribution < -0.4 is 5.32 Å². The van der Waals surface area contributed by atoms with Crippen LogP contribution in [0.1, 0.15) is 58.4 Å². The number of aliphatic hydroxyl groups excluding tert-OH is 1. The van der Waals surface area contributed by atoms with Crippen molar-refractivity contribution in [1.82, 2.24) is 14.2 Å². The highest BCUT2D eigenvalue weighted by atomic mass is 32.2. The van der Waals surface area contributed by atoms with Crippen molar-refractivity contribution < 1.29 is 13.5 Å². The topological polar surface area (TPSA) is 85.8 Å². The fraction of sp³-hybridized carbons (Fsp3) is 0.792. The second-order valence-corrected chi connectivity index (χ2v) is 12.2. The van der Waals surface area contributed by atoms with E-state index in [2.05, 4.69) is 36.0 Å². The third kappa shape index (κ3) is 5.82. The van der Waals surface area contributed by atoms with E-state index < -0.39 is 10.0 Å². The van der Waals surface area contributed by atoms with Crippen LogP contribution in [0.3, 0.4) is 0 Å². The van der Waals surface area contributed by atoms with Crippen molar-refractivity contribution in [2.24, 2.45) is 17.3 Å². The van der Waals surface area contributed by atoms with E-state index >= 15 is 0 Å². The lowest BCUT2D eigenvalue weighted by Crippen LogP contribution is -2.50. The van der Waals surface area contributed by atoms with Crippen molar-refractivity contribution in [3.63, 3.8) is 0 Å². The van der Waals surface area contributed by atoms with E-state index in [0.29, 0.717) is 24.6 Å². The summed E-state index contributed by atoms with van der Waals surface area (Å²) in [6.45, 7) is 13.3. The summed E-state index contributed by atoms with van der Waals surface area (Å²) in [4.78, 5) is 7.23. The number of rotatable bonds is 9. The maximum absolute atomic E-state index is 13.4. The van der Waals surface area contributed by atoms with Crippen molar-refractivity contribution >= 4 is 15.8 Å². The molecular weight excluding hydrogens is 424 g/mol. The Bertz CT molecular complexity index is 855. The molecule has 0 aromatic carbocycles. The minimum Gasteiger partial charge on any atom is -0.396 e. The van der Waals surface area contributed by atoms with E-state index in [1.54, 1.807) is 4.31 Å². The van der Waals surface area contributed by atoms with Crippen LogP contribution in [0.15, 0.2) is 17.2 Å². The van der Waals surface area contributed by atoms with Crippen LogP contribution >= 0.6 is 0 Å². The van der Waals surface area contributed by atoms with Gasteiger partial charge in [-0.3, -0.25) is 0 Å². The number of anilines is 1. The lowest BCUT2D eigenvalue weighted by Gasteiger charge is -2.44. The average Bonchev–Trinajstić information content (AvgIpc) is 2.78. The summed E-state index contributed by atoms with van der Waals surface area (Å²) in [5.41, 5.74) is 0.328. The molecule has 0 spiro atoms. The number of piperidine rings is 2. The standard InChI is InChI=1S/C24H42N4O3S/c1-19(2)24(18-29)9-8-12-28(17-24)32(30,31)22-15-26-23(13-21(22)4)25-14-20(3)16-27-10-6-5-7-11-27/h13,15,19-20,29H,5-12,14,16-18H2,1-4H3,(H,25,26). The van der Waals surface area contributed by atoms with Crippen molar-refractivity contribution in [1.29, 1.82) is 0 Å². The van der Waals surface area contributed by atoms with Crippen LogP contribution in [0.25, 0.3) is 0 Å². The van der Waals surface area contributed by atoms with Gasteiger partial charge in [0.25, 0.3) is 0 Å². The Balaban J connectivity index is 1.64. The molecule has 2 aliphatic heterocycles. The molecular formula is C24H42N4O3S. The van der Waals surface area contributed by atoms with Crippen molar-refractivity contribution in [2.75, 3.05) is 51.2 Å². The van der Waals surface area contributed by atoms with Crippen molar-refractivity contribution in [3.8, 4) is 0 Å². The fourth-order valence-corrected chi connectivity index (χ4v) is 6.81. The lowest BCUT2D eigenvalue weighted by molar-refractivity contribution is 0.0238. The van der Waals surface area contributed by atoms with Gasteiger partial charge in [0.2, 0.25) is 10.0 Å². The molecule has 7 nitrogen and oxygen atoms in total. The molecule has 2 atom stereocenters. The summed E-state index contributed by atoms with van der Waals surface area (Å²) in [5.74, 6) is 1.43. The monoisotopic (exact) mass is 466 g/mol. The highest BCUT2D eigenvalue weighted by Gasteiger charge is 2.42. The number of hydrogen-bond acceptors (Lipinski definition) is 6. The molecule has 0 amide bonds. The van der Waals surface area contributed by atoms with Crippen LogP contribution in [0.2, 0.25) is 0 Å². The predicted octanol–water partition coefficient (Wildman–Crippen LogP) is 3.34. The highest BCUT2D eigenvalue weighted by molar-refractivity contribution is 7.89. The number of aromatic nitrogens is 1. The SMILES string of the molecule is Cc1cc(NCC(C)CN2CCCCC2)ncc1S(=O)(=O)N1CCCC(CO)(C(C)C)C1. The second kappa shape index (κ2) is 10.8. The Hall–Kier alpha value is -1.22. The smallest absolute Gasteiger partial charge is 0.244 e. The number of nitrogens with one attached hydrogen (secondary N) is 1. The fourth-order valence-electron chi connectivity index (χ4n) is 5.08. The van der Waals surface area contributed by atoms with Gasteiger partial charge in [0.05, 0.1) is 6.61 Å². The van der Waals surface area contributed by atoms with Crippen molar-refractivity contribution in [2.45, 2.75) is 64.7 Å². The summed E-state index contributed by atoms with van der Waals surface area (Å²) in [5, 5.41) is 13.4. The molecule has 2 fully saturated rings. The van der Waals surface area contributed by atoms with E-state index in [0.717, 1.165) is 31.7 Å². The largest absolute Gasteiger partial charge is 0.396 e. The van der Waals surface area contributed by atoms with Gasteiger partial charge in [-0.15, -0.1) is 0 Å². The third-order valence-corrected chi connectivity index (χ3v) is 9.42. The van der Waals surface area contributed by atoms with Gasteiger partial charge in [0, 0.05) is 37.8 Å². The first-order chi connectivity index (χ1) is 15.2. The minimum atomic E-state index is -3.65. The Labute approximate surface area is 194 Å². The number of aryl methyl sites for hydroxylation is 1. The summed E-state index contributed by atoms with van der Waals surface area (Å²) in [6.07, 6.45) is 7.04. The van der Waals surface area contributed by atoms with E-state index in [4.69, 9.17) is 0 Å². The summed E-state index contributed by atoms with van der Waals surface area (Å²) in [7, 11) is -3.65. The minimum absolute atomic E-state index is 0.00634. The van der Waals surface area contributed by atoms with Crippen LogP contribution in [0, 0.1) is 24.2 Å². The third-order valence-electron chi connectivity index (χ3n) is 7.44. The first-order valence-electron chi connectivity index (χ1n) is 12.2. The highest BCUT2D eigenvalue weighted by Crippen LogP contribution is 2.39. The molecule has 3 heterocycles. The summed E-state index contributed by atoms with van der Waals surface area (Å²) < 4.78 is 28.4. The van der Waals surface area contributed by atoms with Crippen LogP contribution in [-0.2, 0) is 10.0 Å². The van der Waals surface area contributed by atoms with Gasteiger partial charge in [-0.25, -0.2) is 13.4 Å². The molecule has 2 unspecified atom stereocenters. The predicted molar refractivity (Wildman–Crippen MR) is 129 cm³/mol. The maximum Gasteiger partial charge on any atom is 0.244 e. The molecule has 2 saturated heterocycles. The Kier molecular flexibility index (Phi) is 8.58. The van der Waals surface area contributed by atoms with Gasteiger partial charge in [0.1, 0.15) is 10.7 Å². The first kappa shape index (κ1) is 25.4. The number of aliphatic hydroxyl groups is 1. The number of hydrogen-bond donors (Lipinski definition) is 2. The molecule has 1 aromatic rings. The lowest BCUT2D eigenvalue weighted by atomic mass is 9.72. The molecule has 2 aliphatic rings. The van der Waals surface area contributed by atoms with E-state index in [1.807, 2.05) is 13.0 Å². The van der Waals surface area contributed by atoms with Crippen LogP contribution in [-0.4, -0.2) is 73.6 Å². The molecule has 0 aliphatic carbocycles. The first-order valence-corrected chi connectivity index (χ1v) is 13.7. The van der Waals surface area contributed by atoms with Gasteiger partial charge in [0.15, 0.2) is 0 Å². The van der Waals surface area contributed by atoms with Crippen LogP contribution in [0.4, 0.5) is 5.82 Å². The quantitative estimate of drug-likeness (QED) is 0.581. The molecule has 0 saturated carbocycles. The van der Waals surface area contributed by atoms with Gasteiger partial charge in [-0.1, -0.05) is 27.2 Å². The Morgan fingerprint density at radius 3 is 2.50 bits per heavy atom. The van der Waals surface area contributed by atoms with Crippen LogP contribution in [0.5, 0.6) is 0 Å². The molecule has 0 radical (unpaired) electrons. The molecule has 182 valence electrons. The number of pyridine rings is 1. The van der Waals surface area contributed by atoms with E-state index in [9.17, 15) is 13.5 Å². The zero-order valence-electron chi connectivity index (χ0n) is 20.3. The summed E-state index contributed by atoms with van der Waals surface area (Å²) in [6, 6.07) is 1.84. The normalized spacial score (nSPS) is 24.6. The molecule has 1 aromatic heterocycles. The number of nitrogens with zero attached hydrogens (tertiary/aromatic N) is 3. The molecule has 0 bridgehead atoms. The van der Waals surface area contributed by atoms with Crippen molar-refractivity contribution in [3.05, 3.63) is 17.8 Å². The molecule has 3 rings (SSSR count). The maximum atomic E-state index is 13.4. The Morgan fingerprint density at radius 1 is 1.16 bits per heavy atom. The molecule has 8 heteroatoms. The second-order valence-electron chi connectivity index (χ2n) is 10.3.